The van der Waals surface area contributed by atoms with Crippen LogP contribution < -0.4 is 16.6 Å². The maximum absolute atomic E-state index is 12.7. The van der Waals surface area contributed by atoms with Crippen molar-refractivity contribution < 1.29 is 14.7 Å². The van der Waals surface area contributed by atoms with Gasteiger partial charge in [0.2, 0.25) is 0 Å². The van der Waals surface area contributed by atoms with Crippen LogP contribution in [0.3, 0.4) is 0 Å². The SMILES string of the molecule is Cc1cc(C(=O)N[C@@H](Cc2ccccc2)C(=O)O)nc2c1c(=O)n(C)c(=O)n2C. The number of aliphatic carboxylic acids is 1. The second-order valence-corrected chi connectivity index (χ2v) is 6.78. The van der Waals surface area contributed by atoms with Crippen LogP contribution in [0.5, 0.6) is 0 Å². The van der Waals surface area contributed by atoms with E-state index in [1.54, 1.807) is 31.2 Å². The van der Waals surface area contributed by atoms with E-state index in [2.05, 4.69) is 10.3 Å². The summed E-state index contributed by atoms with van der Waals surface area (Å²) in [5, 5.41) is 12.2. The van der Waals surface area contributed by atoms with Crippen molar-refractivity contribution in [3.63, 3.8) is 0 Å². The number of nitrogens with zero attached hydrogens (tertiary/aromatic N) is 3. The number of carbonyl (C=O) groups excluding carboxylic acids is 1. The zero-order valence-corrected chi connectivity index (χ0v) is 16.2. The van der Waals surface area contributed by atoms with Gasteiger partial charge in [0.05, 0.1) is 5.39 Å². The quantitative estimate of drug-likeness (QED) is 0.642. The van der Waals surface area contributed by atoms with Gasteiger partial charge in [-0.15, -0.1) is 0 Å². The maximum Gasteiger partial charge on any atom is 0.332 e. The third kappa shape index (κ3) is 3.79. The highest BCUT2D eigenvalue weighted by Crippen LogP contribution is 2.13. The zero-order chi connectivity index (χ0) is 21.3. The van der Waals surface area contributed by atoms with E-state index in [4.69, 9.17) is 0 Å². The maximum atomic E-state index is 12.7. The fourth-order valence-corrected chi connectivity index (χ4v) is 3.13. The van der Waals surface area contributed by atoms with Crippen molar-refractivity contribution in [3.05, 3.63) is 74.1 Å². The van der Waals surface area contributed by atoms with Crippen molar-refractivity contribution >= 4 is 22.9 Å². The third-order valence-electron chi connectivity index (χ3n) is 4.73. The minimum absolute atomic E-state index is 0.0678. The molecule has 29 heavy (non-hydrogen) atoms. The first-order valence-corrected chi connectivity index (χ1v) is 8.85. The molecule has 0 aliphatic carbocycles. The van der Waals surface area contributed by atoms with Crippen LogP contribution in [0.4, 0.5) is 0 Å². The molecule has 1 aromatic carbocycles. The molecule has 0 unspecified atom stereocenters. The van der Waals surface area contributed by atoms with Crippen molar-refractivity contribution in [2.75, 3.05) is 0 Å². The number of rotatable bonds is 5. The van der Waals surface area contributed by atoms with E-state index < -0.39 is 29.2 Å². The number of nitrogens with one attached hydrogen (secondary N) is 1. The van der Waals surface area contributed by atoms with E-state index in [1.165, 1.54) is 24.7 Å². The van der Waals surface area contributed by atoms with E-state index in [9.17, 15) is 24.3 Å². The number of carboxylic acid groups (broad SMARTS) is 1. The van der Waals surface area contributed by atoms with Gasteiger partial charge in [0.25, 0.3) is 11.5 Å². The van der Waals surface area contributed by atoms with Crippen LogP contribution >= 0.6 is 0 Å². The van der Waals surface area contributed by atoms with Gasteiger partial charge in [-0.1, -0.05) is 30.3 Å². The highest BCUT2D eigenvalue weighted by molar-refractivity contribution is 5.97. The second kappa shape index (κ2) is 7.70. The molecule has 0 aliphatic heterocycles. The molecule has 150 valence electrons. The van der Waals surface area contributed by atoms with Crippen molar-refractivity contribution in [3.8, 4) is 0 Å². The van der Waals surface area contributed by atoms with E-state index in [1.807, 2.05) is 6.07 Å². The summed E-state index contributed by atoms with van der Waals surface area (Å²) >= 11 is 0. The lowest BCUT2D eigenvalue weighted by atomic mass is 10.1. The van der Waals surface area contributed by atoms with Crippen LogP contribution in [0.25, 0.3) is 11.0 Å². The molecule has 0 bridgehead atoms. The summed E-state index contributed by atoms with van der Waals surface area (Å²) in [5.41, 5.74) is 0.141. The van der Waals surface area contributed by atoms with Gasteiger partial charge in [-0.3, -0.25) is 18.7 Å². The Labute approximate surface area is 165 Å². The van der Waals surface area contributed by atoms with E-state index in [0.717, 1.165) is 10.1 Å². The number of fused-ring (bicyclic) bond motifs is 1. The molecule has 3 rings (SSSR count). The Kier molecular flexibility index (Phi) is 5.31. The zero-order valence-electron chi connectivity index (χ0n) is 16.2. The lowest BCUT2D eigenvalue weighted by Crippen LogP contribution is -2.43. The summed E-state index contributed by atoms with van der Waals surface area (Å²) in [7, 11) is 2.82. The first-order valence-electron chi connectivity index (χ1n) is 8.85. The Bertz CT molecular complexity index is 1230. The van der Waals surface area contributed by atoms with Crippen LogP contribution in [0.1, 0.15) is 21.6 Å². The topological polar surface area (TPSA) is 123 Å². The van der Waals surface area contributed by atoms with Gasteiger partial charge >= 0.3 is 11.7 Å². The predicted molar refractivity (Wildman–Crippen MR) is 106 cm³/mol. The van der Waals surface area contributed by atoms with Crippen LogP contribution in [0, 0.1) is 6.92 Å². The van der Waals surface area contributed by atoms with Gasteiger partial charge in [-0.05, 0) is 24.1 Å². The number of amides is 1. The summed E-state index contributed by atoms with van der Waals surface area (Å²) in [6.07, 6.45) is 0.105. The lowest BCUT2D eigenvalue weighted by molar-refractivity contribution is -0.139. The van der Waals surface area contributed by atoms with Gasteiger partial charge in [-0.25, -0.2) is 14.6 Å². The Morgan fingerprint density at radius 1 is 1.14 bits per heavy atom. The molecule has 2 heterocycles. The summed E-state index contributed by atoms with van der Waals surface area (Å²) < 4.78 is 2.15. The molecule has 9 heteroatoms. The molecule has 0 fully saturated rings. The second-order valence-electron chi connectivity index (χ2n) is 6.78. The minimum atomic E-state index is -1.18. The number of hydrogen-bond acceptors (Lipinski definition) is 5. The largest absolute Gasteiger partial charge is 0.480 e. The number of benzene rings is 1. The Morgan fingerprint density at radius 3 is 2.41 bits per heavy atom. The number of aromatic nitrogens is 3. The van der Waals surface area contributed by atoms with Crippen LogP contribution in [0.2, 0.25) is 0 Å². The highest BCUT2D eigenvalue weighted by Gasteiger charge is 2.23. The van der Waals surface area contributed by atoms with Crippen LogP contribution in [-0.4, -0.2) is 37.1 Å². The molecular weight excluding hydrogens is 376 g/mol. The summed E-state index contributed by atoms with van der Waals surface area (Å²) in [6.45, 7) is 1.63. The Balaban J connectivity index is 1.99. The fraction of sp³-hybridized carbons (Fsp3) is 0.250. The molecule has 0 spiro atoms. The molecule has 9 nitrogen and oxygen atoms in total. The van der Waals surface area contributed by atoms with Gasteiger partial charge in [0.1, 0.15) is 17.4 Å². The summed E-state index contributed by atoms with van der Waals surface area (Å²) in [4.78, 5) is 53.0. The van der Waals surface area contributed by atoms with Crippen LogP contribution in [0.15, 0.2) is 46.0 Å². The molecule has 1 amide bonds. The molecule has 0 saturated heterocycles. The molecule has 1 atom stereocenters. The monoisotopic (exact) mass is 396 g/mol. The molecule has 0 aliphatic rings. The standard InChI is InChI=1S/C20H20N4O5/c1-11-9-13(21-16-15(11)18(26)24(3)20(29)23(16)2)17(25)22-14(19(27)28)10-12-7-5-4-6-8-12/h4-9,14H,10H2,1-3H3,(H,22,25)(H,27,28)/t14-/m0/s1. The molecule has 2 N–H and O–H groups in total. The number of hydrogen-bond donors (Lipinski definition) is 2. The normalized spacial score (nSPS) is 12.0. The molecule has 2 aromatic heterocycles. The number of pyridine rings is 1. The summed E-state index contributed by atoms with van der Waals surface area (Å²) in [6, 6.07) is 9.17. The van der Waals surface area contributed by atoms with Crippen molar-refractivity contribution in [2.45, 2.75) is 19.4 Å². The first kappa shape index (κ1) is 20.0. The molecule has 0 saturated carbocycles. The molecular formula is C20H20N4O5. The fourth-order valence-electron chi connectivity index (χ4n) is 3.13. The van der Waals surface area contributed by atoms with Crippen LogP contribution in [-0.2, 0) is 25.3 Å². The molecule has 3 aromatic rings. The smallest absolute Gasteiger partial charge is 0.332 e. The van der Waals surface area contributed by atoms with Gasteiger partial charge in [0, 0.05) is 20.5 Å². The third-order valence-corrected chi connectivity index (χ3v) is 4.73. The predicted octanol–water partition coefficient (Wildman–Crippen LogP) is 0.366. The molecule has 0 radical (unpaired) electrons. The number of carboxylic acids is 1. The average Bonchev–Trinajstić information content (AvgIpc) is 2.70. The van der Waals surface area contributed by atoms with E-state index in [-0.39, 0.29) is 23.1 Å². The average molecular weight is 396 g/mol. The van der Waals surface area contributed by atoms with Gasteiger partial charge in [-0.2, -0.15) is 0 Å². The van der Waals surface area contributed by atoms with Gasteiger partial charge < -0.3 is 10.4 Å². The van der Waals surface area contributed by atoms with E-state index >= 15 is 0 Å². The van der Waals surface area contributed by atoms with Crippen molar-refractivity contribution in [1.29, 1.82) is 0 Å². The van der Waals surface area contributed by atoms with Crippen molar-refractivity contribution in [1.82, 2.24) is 19.4 Å². The highest BCUT2D eigenvalue weighted by atomic mass is 16.4. The Hall–Kier alpha value is -3.75. The first-order chi connectivity index (χ1) is 13.7. The Morgan fingerprint density at radius 2 is 1.79 bits per heavy atom. The van der Waals surface area contributed by atoms with Gasteiger partial charge in [0.15, 0.2) is 0 Å². The number of aryl methyl sites for hydroxylation is 2. The van der Waals surface area contributed by atoms with E-state index in [0.29, 0.717) is 5.56 Å². The lowest BCUT2D eigenvalue weighted by Gasteiger charge is -2.15. The number of carbonyl (C=O) groups is 2. The summed E-state index contributed by atoms with van der Waals surface area (Å²) in [5.74, 6) is -1.88. The van der Waals surface area contributed by atoms with Crippen molar-refractivity contribution in [2.24, 2.45) is 14.1 Å². The minimum Gasteiger partial charge on any atom is -0.480 e.